The highest BCUT2D eigenvalue weighted by Gasteiger charge is 2.21. The number of carbonyl (C=O) groups excluding carboxylic acids is 1. The van der Waals surface area contributed by atoms with E-state index in [-0.39, 0.29) is 12.2 Å². The molecule has 0 saturated carbocycles. The molecule has 0 bridgehead atoms. The molecule has 25 heavy (non-hydrogen) atoms. The molecular formula is C16H19IN4O4. The molecule has 2 N–H and O–H groups in total. The number of halogens is 1. The summed E-state index contributed by atoms with van der Waals surface area (Å²) in [5, 5.41) is 19.4. The molecule has 1 heterocycles. The van der Waals surface area contributed by atoms with Crippen LogP contribution in [0.2, 0.25) is 0 Å². The van der Waals surface area contributed by atoms with Crippen LogP contribution in [0.3, 0.4) is 0 Å². The van der Waals surface area contributed by atoms with Crippen molar-refractivity contribution in [2.24, 2.45) is 0 Å². The van der Waals surface area contributed by atoms with Crippen LogP contribution in [0, 0.1) is 3.57 Å². The van der Waals surface area contributed by atoms with Gasteiger partial charge in [0.05, 0.1) is 18.8 Å². The van der Waals surface area contributed by atoms with Gasteiger partial charge in [-0.05, 0) is 61.1 Å². The number of carboxylic acids is 1. The summed E-state index contributed by atoms with van der Waals surface area (Å²) in [5.41, 5.74) is 0.415. The van der Waals surface area contributed by atoms with E-state index >= 15 is 0 Å². The van der Waals surface area contributed by atoms with Gasteiger partial charge >= 0.3 is 12.1 Å². The lowest BCUT2D eigenvalue weighted by Gasteiger charge is -2.19. The summed E-state index contributed by atoms with van der Waals surface area (Å²) in [6.45, 7) is 5.55. The van der Waals surface area contributed by atoms with Gasteiger partial charge in [0.1, 0.15) is 5.60 Å². The molecule has 0 aliphatic carbocycles. The Morgan fingerprint density at radius 3 is 2.48 bits per heavy atom. The fraction of sp³-hybridized carbons (Fsp3) is 0.375. The minimum Gasteiger partial charge on any atom is -0.476 e. The standard InChI is InChI=1S/C16H19IN4O4/c1-16(2,3)25-15(24)18-8-12-13(14(22)23)19-20-21(12)9-10-4-6-11(17)7-5-10/h4-7H,8-9H2,1-3H3,(H,18,24)(H,22,23). The van der Waals surface area contributed by atoms with Crippen molar-refractivity contribution in [2.75, 3.05) is 0 Å². The first-order valence-electron chi connectivity index (χ1n) is 7.52. The normalized spacial score (nSPS) is 11.2. The lowest BCUT2D eigenvalue weighted by atomic mass is 10.2. The summed E-state index contributed by atoms with van der Waals surface area (Å²) in [4.78, 5) is 23.2. The van der Waals surface area contributed by atoms with Crippen molar-refractivity contribution in [3.63, 3.8) is 0 Å². The van der Waals surface area contributed by atoms with E-state index in [0.29, 0.717) is 12.2 Å². The third-order valence-corrected chi connectivity index (χ3v) is 3.80. The van der Waals surface area contributed by atoms with Crippen LogP contribution >= 0.6 is 22.6 Å². The molecule has 8 nitrogen and oxygen atoms in total. The van der Waals surface area contributed by atoms with Crippen molar-refractivity contribution in [3.05, 3.63) is 44.8 Å². The van der Waals surface area contributed by atoms with Crippen LogP contribution in [0.15, 0.2) is 24.3 Å². The summed E-state index contributed by atoms with van der Waals surface area (Å²) >= 11 is 2.20. The number of alkyl carbamates (subject to hydrolysis) is 1. The number of nitrogens with zero attached hydrogens (tertiary/aromatic N) is 3. The van der Waals surface area contributed by atoms with Gasteiger partial charge in [-0.1, -0.05) is 17.3 Å². The molecule has 9 heteroatoms. The third-order valence-electron chi connectivity index (χ3n) is 3.08. The first-order valence-corrected chi connectivity index (χ1v) is 8.60. The number of hydrogen-bond acceptors (Lipinski definition) is 5. The Hall–Kier alpha value is -2.17. The number of carboxylic acid groups (broad SMARTS) is 1. The van der Waals surface area contributed by atoms with Gasteiger partial charge in [0, 0.05) is 3.57 Å². The van der Waals surface area contributed by atoms with Crippen molar-refractivity contribution < 1.29 is 19.4 Å². The molecule has 0 aliphatic heterocycles. The van der Waals surface area contributed by atoms with E-state index in [4.69, 9.17) is 4.74 Å². The van der Waals surface area contributed by atoms with Crippen molar-refractivity contribution in [1.29, 1.82) is 0 Å². The van der Waals surface area contributed by atoms with Gasteiger partial charge in [0.25, 0.3) is 0 Å². The van der Waals surface area contributed by atoms with Crippen LogP contribution in [-0.4, -0.2) is 37.8 Å². The summed E-state index contributed by atoms with van der Waals surface area (Å²) < 4.78 is 7.72. The molecule has 1 aromatic heterocycles. The lowest BCUT2D eigenvalue weighted by Crippen LogP contribution is -2.33. The van der Waals surface area contributed by atoms with Crippen LogP contribution in [0.5, 0.6) is 0 Å². The molecular weight excluding hydrogens is 439 g/mol. The van der Waals surface area contributed by atoms with Crippen LogP contribution in [-0.2, 0) is 17.8 Å². The second kappa shape index (κ2) is 7.81. The average molecular weight is 458 g/mol. The van der Waals surface area contributed by atoms with Crippen molar-refractivity contribution in [1.82, 2.24) is 20.3 Å². The van der Waals surface area contributed by atoms with Crippen LogP contribution in [0.25, 0.3) is 0 Å². The maximum Gasteiger partial charge on any atom is 0.407 e. The predicted molar refractivity (Wildman–Crippen MR) is 98.3 cm³/mol. The van der Waals surface area contributed by atoms with E-state index < -0.39 is 17.7 Å². The highest BCUT2D eigenvalue weighted by molar-refractivity contribution is 14.1. The van der Waals surface area contributed by atoms with Crippen molar-refractivity contribution in [2.45, 2.75) is 39.5 Å². The van der Waals surface area contributed by atoms with Crippen LogP contribution in [0.4, 0.5) is 4.79 Å². The number of amides is 1. The van der Waals surface area contributed by atoms with E-state index in [1.54, 1.807) is 20.8 Å². The fourth-order valence-electron chi connectivity index (χ4n) is 2.03. The third kappa shape index (κ3) is 5.69. The maximum atomic E-state index is 11.8. The topological polar surface area (TPSA) is 106 Å². The smallest absolute Gasteiger partial charge is 0.407 e. The van der Waals surface area contributed by atoms with Crippen LogP contribution in [0.1, 0.15) is 42.5 Å². The lowest BCUT2D eigenvalue weighted by molar-refractivity contribution is 0.0519. The van der Waals surface area contributed by atoms with Crippen molar-refractivity contribution in [3.8, 4) is 0 Å². The number of aromatic carboxylic acids is 1. The van der Waals surface area contributed by atoms with E-state index in [2.05, 4.69) is 38.2 Å². The van der Waals surface area contributed by atoms with Gasteiger partial charge in [-0.2, -0.15) is 0 Å². The Bertz CT molecular complexity index is 765. The molecule has 0 saturated heterocycles. The summed E-state index contributed by atoms with van der Waals surface area (Å²) in [7, 11) is 0. The Balaban J connectivity index is 2.17. The number of carbonyl (C=O) groups is 2. The zero-order valence-electron chi connectivity index (χ0n) is 14.1. The average Bonchev–Trinajstić information content (AvgIpc) is 2.88. The Labute approximate surface area is 158 Å². The SMILES string of the molecule is CC(C)(C)OC(=O)NCc1c(C(=O)O)nnn1Cc1ccc(I)cc1. The first kappa shape index (κ1) is 19.2. The minimum atomic E-state index is -1.20. The largest absolute Gasteiger partial charge is 0.476 e. The van der Waals surface area contributed by atoms with Gasteiger partial charge < -0.3 is 15.2 Å². The summed E-state index contributed by atoms with van der Waals surface area (Å²) in [6.07, 6.45) is -0.633. The van der Waals surface area contributed by atoms with Gasteiger partial charge in [-0.3, -0.25) is 0 Å². The number of hydrogen-bond donors (Lipinski definition) is 2. The minimum absolute atomic E-state index is 0.0477. The Kier molecular flexibility index (Phi) is 5.98. The van der Waals surface area contributed by atoms with Gasteiger partial charge in [0.2, 0.25) is 0 Å². The Morgan fingerprint density at radius 1 is 1.28 bits per heavy atom. The number of rotatable bonds is 5. The zero-order valence-corrected chi connectivity index (χ0v) is 16.3. The molecule has 2 rings (SSSR count). The number of ether oxygens (including phenoxy) is 1. The quantitative estimate of drug-likeness (QED) is 0.668. The highest BCUT2D eigenvalue weighted by atomic mass is 127. The van der Waals surface area contributed by atoms with Gasteiger partial charge in [-0.15, -0.1) is 5.10 Å². The molecule has 2 aromatic rings. The molecule has 0 atom stereocenters. The molecule has 134 valence electrons. The molecule has 0 spiro atoms. The first-order chi connectivity index (χ1) is 11.7. The van der Waals surface area contributed by atoms with E-state index in [1.165, 1.54) is 4.68 Å². The van der Waals surface area contributed by atoms with E-state index in [1.807, 2.05) is 24.3 Å². The van der Waals surface area contributed by atoms with E-state index in [9.17, 15) is 14.7 Å². The van der Waals surface area contributed by atoms with E-state index in [0.717, 1.165) is 9.13 Å². The van der Waals surface area contributed by atoms with Crippen molar-refractivity contribution >= 4 is 34.7 Å². The summed E-state index contributed by atoms with van der Waals surface area (Å²) in [6, 6.07) is 7.75. The molecule has 0 aliphatic rings. The monoisotopic (exact) mass is 458 g/mol. The number of nitrogens with one attached hydrogen (secondary N) is 1. The molecule has 1 amide bonds. The molecule has 0 radical (unpaired) electrons. The predicted octanol–water partition coefficient (Wildman–Crippen LogP) is 2.65. The summed E-state index contributed by atoms with van der Waals surface area (Å²) in [5.74, 6) is -1.20. The van der Waals surface area contributed by atoms with Gasteiger partial charge in [-0.25, -0.2) is 14.3 Å². The molecule has 0 unspecified atom stereocenters. The fourth-order valence-corrected chi connectivity index (χ4v) is 2.39. The van der Waals surface area contributed by atoms with Gasteiger partial charge in [0.15, 0.2) is 5.69 Å². The number of benzene rings is 1. The second-order valence-corrected chi connectivity index (χ2v) is 7.58. The zero-order chi connectivity index (χ0) is 18.6. The second-order valence-electron chi connectivity index (χ2n) is 6.33. The molecule has 0 fully saturated rings. The maximum absolute atomic E-state index is 11.8. The number of aromatic nitrogens is 3. The van der Waals surface area contributed by atoms with Crippen LogP contribution < -0.4 is 5.32 Å². The highest BCUT2D eigenvalue weighted by Crippen LogP contribution is 2.12. The molecule has 1 aromatic carbocycles. The Morgan fingerprint density at radius 2 is 1.92 bits per heavy atom.